The van der Waals surface area contributed by atoms with E-state index in [0.717, 1.165) is 17.9 Å². The predicted molar refractivity (Wildman–Crippen MR) is 133 cm³/mol. The summed E-state index contributed by atoms with van der Waals surface area (Å²) in [7, 11) is -3.66. The van der Waals surface area contributed by atoms with Gasteiger partial charge in [0.25, 0.3) is 0 Å². The van der Waals surface area contributed by atoms with Crippen LogP contribution in [0.25, 0.3) is 0 Å². The molecule has 0 heterocycles. The fourth-order valence-electron chi connectivity index (χ4n) is 3.02. The number of urea groups is 1. The van der Waals surface area contributed by atoms with Crippen LogP contribution in [-0.4, -0.2) is 37.9 Å². The molecule has 0 aliphatic carbocycles. The van der Waals surface area contributed by atoms with Crippen LogP contribution in [0, 0.1) is 5.82 Å². The number of ether oxygens (including phenoxy) is 1. The molecule has 3 aromatic carbocycles. The molecule has 0 saturated heterocycles. The minimum Gasteiger partial charge on any atom is -0.506 e. The van der Waals surface area contributed by atoms with Crippen LogP contribution < -0.4 is 20.1 Å². The maximum Gasteiger partial charge on any atom is 0.573 e. The molecule has 37 heavy (non-hydrogen) atoms. The van der Waals surface area contributed by atoms with E-state index in [9.17, 15) is 35.9 Å². The molecule has 0 unspecified atom stereocenters. The Morgan fingerprint density at radius 2 is 1.62 bits per heavy atom. The van der Waals surface area contributed by atoms with Gasteiger partial charge in [-0.1, -0.05) is 12.1 Å². The number of benzene rings is 3. The Labute approximate surface area is 214 Å². The molecular formula is C23H21F4N3O5S2. The van der Waals surface area contributed by atoms with Crippen LogP contribution in [0.2, 0.25) is 0 Å². The van der Waals surface area contributed by atoms with Gasteiger partial charge in [-0.2, -0.15) is 0 Å². The van der Waals surface area contributed by atoms with Crippen molar-refractivity contribution in [3.8, 4) is 11.5 Å². The smallest absolute Gasteiger partial charge is 0.506 e. The van der Waals surface area contributed by atoms with Gasteiger partial charge < -0.3 is 20.5 Å². The number of phenolic OH excluding ortho intramolecular Hbond substituents is 1. The highest BCUT2D eigenvalue weighted by molar-refractivity contribution is 7.99. The summed E-state index contributed by atoms with van der Waals surface area (Å²) in [6, 6.07) is 12.5. The molecule has 0 aliphatic rings. The van der Waals surface area contributed by atoms with Crippen LogP contribution in [0.15, 0.2) is 65.6 Å². The van der Waals surface area contributed by atoms with Crippen molar-refractivity contribution in [3.63, 3.8) is 0 Å². The van der Waals surface area contributed by atoms with Gasteiger partial charge in [0.05, 0.1) is 11.9 Å². The standard InChI is InChI=1S/C23H21F4N3O5S2/c1-37(33,34)30-19-13-16(4-8-20(19)31)29-22(32)28-15-5-9-21(18(24)12-15)36-11-10-14-2-6-17(7-3-14)35-23(25,26)27/h2-9,12-13,30-31H,10-11H2,1H3,(H2,28,29,32). The monoisotopic (exact) mass is 559 g/mol. The summed E-state index contributed by atoms with van der Waals surface area (Å²) in [6.45, 7) is 0. The Morgan fingerprint density at radius 3 is 2.22 bits per heavy atom. The van der Waals surface area contributed by atoms with Gasteiger partial charge in [-0.05, 0) is 60.5 Å². The van der Waals surface area contributed by atoms with Crippen molar-refractivity contribution in [1.29, 1.82) is 0 Å². The normalized spacial score (nSPS) is 11.6. The van der Waals surface area contributed by atoms with E-state index in [4.69, 9.17) is 0 Å². The fourth-order valence-corrected chi connectivity index (χ4v) is 4.50. The molecule has 0 saturated carbocycles. The minimum atomic E-state index is -4.76. The first-order chi connectivity index (χ1) is 17.3. The zero-order chi connectivity index (χ0) is 27.2. The lowest BCUT2D eigenvalue weighted by atomic mass is 10.2. The van der Waals surface area contributed by atoms with E-state index < -0.39 is 28.2 Å². The lowest BCUT2D eigenvalue weighted by Gasteiger charge is -2.12. The second-order valence-electron chi connectivity index (χ2n) is 7.62. The van der Waals surface area contributed by atoms with Crippen LogP contribution in [0.5, 0.6) is 11.5 Å². The average molecular weight is 560 g/mol. The summed E-state index contributed by atoms with van der Waals surface area (Å²) in [5.41, 5.74) is 0.958. The van der Waals surface area contributed by atoms with Crippen LogP contribution in [-0.2, 0) is 16.4 Å². The molecule has 198 valence electrons. The Hall–Kier alpha value is -3.65. The maximum atomic E-state index is 14.5. The van der Waals surface area contributed by atoms with Gasteiger partial charge in [-0.25, -0.2) is 17.6 Å². The first kappa shape index (κ1) is 27.9. The third-order valence-electron chi connectivity index (χ3n) is 4.54. The highest BCUT2D eigenvalue weighted by Crippen LogP contribution is 2.29. The number of rotatable bonds is 9. The number of amides is 2. The lowest BCUT2D eigenvalue weighted by Crippen LogP contribution is -2.19. The van der Waals surface area contributed by atoms with Crippen LogP contribution in [0.3, 0.4) is 0 Å². The Morgan fingerprint density at radius 1 is 1.00 bits per heavy atom. The number of aromatic hydroxyl groups is 1. The average Bonchev–Trinajstić information content (AvgIpc) is 2.77. The van der Waals surface area contributed by atoms with Crippen molar-refractivity contribution in [2.24, 2.45) is 0 Å². The van der Waals surface area contributed by atoms with Gasteiger partial charge >= 0.3 is 12.4 Å². The number of hydrogen-bond donors (Lipinski definition) is 4. The van der Waals surface area contributed by atoms with Crippen LogP contribution in [0.1, 0.15) is 5.56 Å². The first-order valence-corrected chi connectivity index (χ1v) is 13.3. The molecular weight excluding hydrogens is 538 g/mol. The molecule has 2 amide bonds. The topological polar surface area (TPSA) is 117 Å². The summed E-state index contributed by atoms with van der Waals surface area (Å²) in [5, 5.41) is 14.7. The summed E-state index contributed by atoms with van der Waals surface area (Å²) >= 11 is 1.20. The minimum absolute atomic E-state index is 0.127. The summed E-state index contributed by atoms with van der Waals surface area (Å²) in [4.78, 5) is 12.6. The molecule has 0 fully saturated rings. The van der Waals surface area contributed by atoms with Crippen molar-refractivity contribution in [1.82, 2.24) is 0 Å². The van der Waals surface area contributed by atoms with Crippen molar-refractivity contribution < 1.29 is 40.6 Å². The maximum absolute atomic E-state index is 14.5. The molecule has 0 bridgehead atoms. The van der Waals surface area contributed by atoms with E-state index in [1.807, 2.05) is 0 Å². The van der Waals surface area contributed by atoms with E-state index in [1.54, 1.807) is 0 Å². The van der Waals surface area contributed by atoms with Crippen molar-refractivity contribution in [2.75, 3.05) is 27.4 Å². The molecule has 0 radical (unpaired) electrons. The Kier molecular flexibility index (Phi) is 8.76. The second-order valence-corrected chi connectivity index (χ2v) is 10.5. The van der Waals surface area contributed by atoms with E-state index in [-0.39, 0.29) is 28.6 Å². The van der Waals surface area contributed by atoms with Crippen molar-refractivity contribution >= 4 is 44.9 Å². The number of carbonyl (C=O) groups is 1. The molecule has 14 heteroatoms. The number of halogens is 4. The largest absolute Gasteiger partial charge is 0.573 e. The van der Waals surface area contributed by atoms with Crippen molar-refractivity contribution in [3.05, 3.63) is 72.0 Å². The van der Waals surface area contributed by atoms with Gasteiger partial charge in [0.1, 0.15) is 17.3 Å². The van der Waals surface area contributed by atoms with Crippen LogP contribution in [0.4, 0.5) is 39.4 Å². The quantitative estimate of drug-likeness (QED) is 0.114. The highest BCUT2D eigenvalue weighted by atomic mass is 32.2. The van der Waals surface area contributed by atoms with Crippen molar-refractivity contribution in [2.45, 2.75) is 17.7 Å². The van der Waals surface area contributed by atoms with E-state index >= 15 is 0 Å². The molecule has 0 spiro atoms. The first-order valence-electron chi connectivity index (χ1n) is 10.4. The van der Waals surface area contributed by atoms with E-state index in [1.165, 1.54) is 66.4 Å². The van der Waals surface area contributed by atoms with Gasteiger partial charge in [0.2, 0.25) is 10.0 Å². The zero-order valence-corrected chi connectivity index (χ0v) is 20.7. The molecule has 8 nitrogen and oxygen atoms in total. The molecule has 0 aromatic heterocycles. The third kappa shape index (κ3) is 9.38. The number of thioether (sulfide) groups is 1. The third-order valence-corrected chi connectivity index (χ3v) is 6.19. The van der Waals surface area contributed by atoms with Gasteiger partial charge in [0.15, 0.2) is 0 Å². The number of carbonyl (C=O) groups excluding carboxylic acids is 1. The Bertz CT molecular complexity index is 1370. The summed E-state index contributed by atoms with van der Waals surface area (Å²) in [5.74, 6) is -0.785. The van der Waals surface area contributed by atoms with Gasteiger partial charge in [0, 0.05) is 22.0 Å². The summed E-state index contributed by atoms with van der Waals surface area (Å²) < 4.78 is 79.9. The predicted octanol–water partition coefficient (Wildman–Crippen LogP) is 5.78. The van der Waals surface area contributed by atoms with E-state index in [0.29, 0.717) is 17.1 Å². The molecule has 3 aromatic rings. The van der Waals surface area contributed by atoms with Gasteiger partial charge in [-0.3, -0.25) is 4.72 Å². The molecule has 0 aliphatic heterocycles. The number of nitrogens with one attached hydrogen (secondary N) is 3. The lowest BCUT2D eigenvalue weighted by molar-refractivity contribution is -0.274. The SMILES string of the molecule is CS(=O)(=O)Nc1cc(NC(=O)Nc2ccc(SCCc3ccc(OC(F)(F)F)cc3)c(F)c2)ccc1O. The second kappa shape index (κ2) is 11.6. The van der Waals surface area contributed by atoms with Gasteiger partial charge in [-0.15, -0.1) is 24.9 Å². The number of aryl methyl sites for hydroxylation is 1. The highest BCUT2D eigenvalue weighted by Gasteiger charge is 2.30. The molecule has 0 atom stereocenters. The van der Waals surface area contributed by atoms with E-state index in [2.05, 4.69) is 20.1 Å². The Balaban J connectivity index is 1.52. The number of phenols is 1. The number of sulfonamides is 1. The number of hydrogen-bond acceptors (Lipinski definition) is 6. The summed E-state index contributed by atoms with van der Waals surface area (Å²) in [6.07, 6.45) is -3.38. The number of anilines is 3. The zero-order valence-electron chi connectivity index (χ0n) is 19.1. The van der Waals surface area contributed by atoms with Crippen LogP contribution >= 0.6 is 11.8 Å². The number of alkyl halides is 3. The molecule has 3 rings (SSSR count). The fraction of sp³-hybridized carbons (Fsp3) is 0.174. The molecule has 4 N–H and O–H groups in total.